The molecule has 0 saturated carbocycles. The monoisotopic (exact) mass is 340 g/mol. The maximum atomic E-state index is 13.8. The first kappa shape index (κ1) is 16.9. The van der Waals surface area contributed by atoms with Crippen LogP contribution in [0.5, 0.6) is 11.5 Å². The fourth-order valence-electron chi connectivity index (χ4n) is 2.44. The highest BCUT2D eigenvalue weighted by Crippen LogP contribution is 2.39. The quantitative estimate of drug-likeness (QED) is 0.475. The molecule has 0 unspecified atom stereocenters. The van der Waals surface area contributed by atoms with Crippen LogP contribution in [-0.4, -0.2) is 11.8 Å². The number of benzene rings is 2. The second kappa shape index (κ2) is 6.51. The first-order valence-electron chi connectivity index (χ1n) is 7.92. The second-order valence-corrected chi connectivity index (χ2v) is 6.10. The summed E-state index contributed by atoms with van der Waals surface area (Å²) in [5.41, 5.74) is 1.18. The third-order valence-electron chi connectivity index (χ3n) is 3.91. The van der Waals surface area contributed by atoms with E-state index in [0.717, 1.165) is 0 Å². The van der Waals surface area contributed by atoms with Crippen molar-refractivity contribution in [3.63, 3.8) is 0 Å². The Labute approximate surface area is 144 Å². The van der Waals surface area contributed by atoms with Crippen LogP contribution in [0, 0.1) is 18.7 Å². The molecular weight excluding hydrogens is 323 g/mol. The number of hydrogen-bond acceptors (Lipinski definition) is 4. The third kappa shape index (κ3) is 3.18. The van der Waals surface area contributed by atoms with E-state index in [1.54, 1.807) is 51.1 Å². The van der Waals surface area contributed by atoms with Gasteiger partial charge in [0, 0.05) is 11.1 Å². The second-order valence-electron chi connectivity index (χ2n) is 6.10. The molecule has 0 N–H and O–H groups in total. The van der Waals surface area contributed by atoms with Gasteiger partial charge in [0.05, 0.1) is 11.5 Å². The number of allylic oxidation sites excluding steroid dienone is 1. The Morgan fingerprint density at radius 1 is 1.20 bits per heavy atom. The van der Waals surface area contributed by atoms with Crippen molar-refractivity contribution in [2.45, 2.75) is 20.8 Å². The Morgan fingerprint density at radius 2 is 1.92 bits per heavy atom. The zero-order valence-electron chi connectivity index (χ0n) is 14.1. The van der Waals surface area contributed by atoms with E-state index < -0.39 is 5.82 Å². The Bertz CT molecular complexity index is 897. The van der Waals surface area contributed by atoms with Crippen molar-refractivity contribution in [2.24, 2.45) is 5.92 Å². The highest BCUT2D eigenvalue weighted by molar-refractivity contribution is 6.15. The van der Waals surface area contributed by atoms with Crippen LogP contribution in [0.15, 0.2) is 42.2 Å². The van der Waals surface area contributed by atoms with Gasteiger partial charge in [-0.15, -0.1) is 0 Å². The first-order chi connectivity index (χ1) is 11.9. The average molecular weight is 340 g/mol. The summed E-state index contributed by atoms with van der Waals surface area (Å²) in [6.45, 7) is 5.18. The van der Waals surface area contributed by atoms with E-state index in [4.69, 9.17) is 9.47 Å². The number of carbonyl (C=O) groups is 2. The summed E-state index contributed by atoms with van der Waals surface area (Å²) in [6, 6.07) is 9.25. The van der Waals surface area contributed by atoms with E-state index in [2.05, 4.69) is 0 Å². The van der Waals surface area contributed by atoms with Crippen LogP contribution >= 0.6 is 0 Å². The number of hydrogen-bond donors (Lipinski definition) is 0. The molecule has 0 amide bonds. The maximum Gasteiger partial charge on any atom is 0.313 e. The van der Waals surface area contributed by atoms with Crippen LogP contribution in [0.25, 0.3) is 6.08 Å². The van der Waals surface area contributed by atoms with E-state index >= 15 is 0 Å². The summed E-state index contributed by atoms with van der Waals surface area (Å²) in [4.78, 5) is 24.3. The molecule has 2 aromatic rings. The fourth-order valence-corrected chi connectivity index (χ4v) is 2.44. The van der Waals surface area contributed by atoms with Crippen LogP contribution in [0.4, 0.5) is 4.39 Å². The van der Waals surface area contributed by atoms with Gasteiger partial charge in [0.2, 0.25) is 5.78 Å². The normalized spacial score (nSPS) is 14.6. The number of ketones is 1. The van der Waals surface area contributed by atoms with Crippen LogP contribution in [0.2, 0.25) is 0 Å². The maximum absolute atomic E-state index is 13.8. The number of halogens is 1. The molecule has 0 radical (unpaired) electrons. The Kier molecular flexibility index (Phi) is 4.40. The minimum Gasteiger partial charge on any atom is -0.452 e. The molecule has 0 bridgehead atoms. The van der Waals surface area contributed by atoms with Gasteiger partial charge in [-0.05, 0) is 31.2 Å². The zero-order valence-corrected chi connectivity index (χ0v) is 14.1. The summed E-state index contributed by atoms with van der Waals surface area (Å²) >= 11 is 0. The van der Waals surface area contributed by atoms with Gasteiger partial charge >= 0.3 is 5.97 Å². The topological polar surface area (TPSA) is 52.6 Å². The molecular formula is C20H17FO4. The van der Waals surface area contributed by atoms with Gasteiger partial charge in [0.25, 0.3) is 0 Å². The molecule has 0 fully saturated rings. The molecule has 2 aromatic carbocycles. The van der Waals surface area contributed by atoms with E-state index in [-0.39, 0.29) is 29.0 Å². The van der Waals surface area contributed by atoms with Crippen molar-refractivity contribution in [1.82, 2.24) is 0 Å². The molecule has 0 aliphatic carbocycles. The lowest BCUT2D eigenvalue weighted by atomic mass is 10.1. The van der Waals surface area contributed by atoms with Gasteiger partial charge < -0.3 is 9.47 Å². The number of ether oxygens (including phenoxy) is 2. The van der Waals surface area contributed by atoms with Crippen molar-refractivity contribution in [1.29, 1.82) is 0 Å². The zero-order chi connectivity index (χ0) is 18.1. The number of esters is 1. The number of Topliss-reactive ketones (excluding diaryl/α,β-unsaturated/α-hetero) is 1. The van der Waals surface area contributed by atoms with Crippen LogP contribution in [0.3, 0.4) is 0 Å². The Hall–Kier alpha value is -2.95. The SMILES string of the molecule is Cc1c(OC(=O)C(C)C)ccc2c1O/C(=C\c1ccccc1F)C2=O. The van der Waals surface area contributed by atoms with Crippen molar-refractivity contribution < 1.29 is 23.5 Å². The average Bonchev–Trinajstić information content (AvgIpc) is 2.89. The minimum atomic E-state index is -0.439. The van der Waals surface area contributed by atoms with Crippen LogP contribution < -0.4 is 9.47 Å². The van der Waals surface area contributed by atoms with E-state index in [9.17, 15) is 14.0 Å². The molecule has 5 heteroatoms. The minimum absolute atomic E-state index is 0.0375. The summed E-state index contributed by atoms with van der Waals surface area (Å²) in [6.07, 6.45) is 1.37. The molecule has 0 spiro atoms. The molecule has 1 aliphatic heterocycles. The first-order valence-corrected chi connectivity index (χ1v) is 7.92. The molecule has 0 saturated heterocycles. The van der Waals surface area contributed by atoms with Crippen LogP contribution in [-0.2, 0) is 4.79 Å². The van der Waals surface area contributed by atoms with Crippen molar-refractivity contribution in [2.75, 3.05) is 0 Å². The Morgan fingerprint density at radius 3 is 2.60 bits per heavy atom. The van der Waals surface area contributed by atoms with E-state index in [1.807, 2.05) is 0 Å². The summed E-state index contributed by atoms with van der Waals surface area (Å²) in [5.74, 6) is -0.690. The number of rotatable bonds is 3. The number of carbonyl (C=O) groups excluding carboxylic acids is 2. The summed E-state index contributed by atoms with van der Waals surface area (Å²) in [7, 11) is 0. The molecule has 25 heavy (non-hydrogen) atoms. The molecule has 1 aliphatic rings. The summed E-state index contributed by atoms with van der Waals surface area (Å²) < 4.78 is 24.8. The van der Waals surface area contributed by atoms with Gasteiger partial charge in [-0.2, -0.15) is 0 Å². The predicted molar refractivity (Wildman–Crippen MR) is 91.0 cm³/mol. The lowest BCUT2D eigenvalue weighted by molar-refractivity contribution is -0.137. The van der Waals surface area contributed by atoms with Crippen molar-refractivity contribution >= 4 is 17.8 Å². The highest BCUT2D eigenvalue weighted by atomic mass is 19.1. The standard InChI is InChI=1S/C20H17FO4/c1-11(2)20(23)25-16-9-8-14-18(22)17(24-19(14)12(16)3)10-13-6-4-5-7-15(13)21/h4-11H,1-3H3/b17-10-. The van der Waals surface area contributed by atoms with Crippen LogP contribution in [0.1, 0.15) is 35.3 Å². The van der Waals surface area contributed by atoms with Crippen molar-refractivity contribution in [3.8, 4) is 11.5 Å². The lowest BCUT2D eigenvalue weighted by Crippen LogP contribution is -2.15. The van der Waals surface area contributed by atoms with Gasteiger partial charge in [0.15, 0.2) is 5.76 Å². The van der Waals surface area contributed by atoms with Gasteiger partial charge in [-0.25, -0.2) is 4.39 Å². The number of fused-ring (bicyclic) bond motifs is 1. The molecule has 128 valence electrons. The smallest absolute Gasteiger partial charge is 0.313 e. The van der Waals surface area contributed by atoms with E-state index in [1.165, 1.54) is 12.1 Å². The molecule has 0 atom stereocenters. The Balaban J connectivity index is 1.95. The lowest BCUT2D eigenvalue weighted by Gasteiger charge is -2.11. The third-order valence-corrected chi connectivity index (χ3v) is 3.91. The van der Waals surface area contributed by atoms with Gasteiger partial charge in [0.1, 0.15) is 17.3 Å². The molecule has 4 nitrogen and oxygen atoms in total. The largest absolute Gasteiger partial charge is 0.452 e. The fraction of sp³-hybridized carbons (Fsp3) is 0.200. The summed E-state index contributed by atoms with van der Waals surface area (Å²) in [5, 5.41) is 0. The predicted octanol–water partition coefficient (Wildman–Crippen LogP) is 4.31. The highest BCUT2D eigenvalue weighted by Gasteiger charge is 2.30. The van der Waals surface area contributed by atoms with Gasteiger partial charge in [-0.3, -0.25) is 9.59 Å². The van der Waals surface area contributed by atoms with Crippen molar-refractivity contribution in [3.05, 3.63) is 64.7 Å². The molecule has 0 aromatic heterocycles. The molecule has 3 rings (SSSR count). The molecule has 1 heterocycles. The van der Waals surface area contributed by atoms with E-state index in [0.29, 0.717) is 22.6 Å². The van der Waals surface area contributed by atoms with Gasteiger partial charge in [-0.1, -0.05) is 32.0 Å².